The van der Waals surface area contributed by atoms with Crippen LogP contribution in [0.4, 0.5) is 0 Å². The van der Waals surface area contributed by atoms with E-state index < -0.39 is 21.5 Å². The van der Waals surface area contributed by atoms with Gasteiger partial charge in [0.05, 0.1) is 48.2 Å². The number of piperidine rings is 1. The molecule has 2 unspecified atom stereocenters. The van der Waals surface area contributed by atoms with Gasteiger partial charge in [-0.2, -0.15) is 5.10 Å². The van der Waals surface area contributed by atoms with Crippen LogP contribution in [0.15, 0.2) is 42.6 Å². The summed E-state index contributed by atoms with van der Waals surface area (Å²) in [7, 11) is -2.17. The minimum absolute atomic E-state index is 0.0356. The number of nitrogens with one attached hydrogen (secondary N) is 1. The second-order valence-corrected chi connectivity index (χ2v) is 19.4. The lowest BCUT2D eigenvalue weighted by Crippen LogP contribution is -2.52. The molecule has 2 atom stereocenters. The molecule has 298 valence electrons. The number of carbonyl (C=O) groups excluding carboxylic acids is 2. The second-order valence-electron chi connectivity index (χ2n) is 17.6. The van der Waals surface area contributed by atoms with Gasteiger partial charge in [-0.15, -0.1) is 0 Å². The number of methoxy groups -OCH3 is 1. The van der Waals surface area contributed by atoms with Crippen LogP contribution in [0.25, 0.3) is 33.8 Å². The molecule has 2 aromatic carbocycles. The zero-order valence-electron chi connectivity index (χ0n) is 33.5. The summed E-state index contributed by atoms with van der Waals surface area (Å²) in [5.74, 6) is 0.0169. The molecule has 4 aliphatic rings. The second kappa shape index (κ2) is 14.5. The fraction of sp³-hybridized carbons (Fsp3) is 0.523. The van der Waals surface area contributed by atoms with E-state index in [-0.39, 0.29) is 41.3 Å². The van der Waals surface area contributed by atoms with Crippen LogP contribution < -0.4 is 9.46 Å². The van der Waals surface area contributed by atoms with E-state index in [0.29, 0.717) is 30.9 Å². The van der Waals surface area contributed by atoms with Crippen molar-refractivity contribution in [3.05, 3.63) is 70.5 Å². The Kier molecular flexibility index (Phi) is 9.96. The number of sulfonamides is 1. The number of ether oxygens (including phenoxy) is 1. The van der Waals surface area contributed by atoms with Gasteiger partial charge in [0.2, 0.25) is 10.0 Å². The predicted octanol–water partition coefficient (Wildman–Crippen LogP) is 7.93. The Hall–Kier alpha value is -4.42. The molecule has 4 aromatic rings. The number of rotatable bonds is 9. The van der Waals surface area contributed by atoms with Crippen LogP contribution in [-0.2, 0) is 16.6 Å². The van der Waals surface area contributed by atoms with Gasteiger partial charge in [-0.25, -0.2) is 13.1 Å². The van der Waals surface area contributed by atoms with Gasteiger partial charge < -0.3 is 19.3 Å². The van der Waals surface area contributed by atoms with Crippen molar-refractivity contribution in [3.8, 4) is 17.0 Å². The first-order chi connectivity index (χ1) is 26.6. The molecule has 0 spiro atoms. The van der Waals surface area contributed by atoms with Crippen molar-refractivity contribution in [2.45, 2.75) is 129 Å². The third kappa shape index (κ3) is 6.97. The molecular weight excluding hydrogens is 727 g/mol. The van der Waals surface area contributed by atoms with Gasteiger partial charge in [0.1, 0.15) is 5.75 Å². The highest BCUT2D eigenvalue weighted by atomic mass is 32.2. The first-order valence-electron chi connectivity index (χ1n) is 20.4. The highest BCUT2D eigenvalue weighted by molar-refractivity contribution is 7.90. The Morgan fingerprint density at radius 2 is 1.70 bits per heavy atom. The molecule has 2 aromatic heterocycles. The maximum Gasteiger partial charge on any atom is 0.264 e. The van der Waals surface area contributed by atoms with E-state index in [1.165, 1.54) is 12.0 Å². The normalized spacial score (nSPS) is 22.6. The van der Waals surface area contributed by atoms with E-state index in [9.17, 15) is 23.1 Å². The zero-order chi connectivity index (χ0) is 39.7. The molecule has 3 fully saturated rings. The number of hydrogen-bond donors (Lipinski definition) is 2. The van der Waals surface area contributed by atoms with Crippen LogP contribution in [0.1, 0.15) is 142 Å². The number of benzene rings is 2. The summed E-state index contributed by atoms with van der Waals surface area (Å²) in [5.41, 5.74) is 6.79. The van der Waals surface area contributed by atoms with Crippen molar-refractivity contribution in [2.75, 3.05) is 12.9 Å². The molecule has 0 radical (unpaired) electrons. The predicted molar refractivity (Wildman–Crippen MR) is 219 cm³/mol. The summed E-state index contributed by atoms with van der Waals surface area (Å²) in [5, 5.41) is 16.9. The first-order valence-corrected chi connectivity index (χ1v) is 22.0. The average molecular weight is 782 g/mol. The van der Waals surface area contributed by atoms with Crippen molar-refractivity contribution >= 4 is 44.4 Å². The Morgan fingerprint density at radius 1 is 0.982 bits per heavy atom. The van der Waals surface area contributed by atoms with E-state index in [4.69, 9.17) is 9.84 Å². The summed E-state index contributed by atoms with van der Waals surface area (Å²) >= 11 is 0. The molecule has 1 aliphatic carbocycles. The van der Waals surface area contributed by atoms with E-state index in [0.717, 1.165) is 83.3 Å². The summed E-state index contributed by atoms with van der Waals surface area (Å²) < 4.78 is 38.1. The molecule has 5 heterocycles. The van der Waals surface area contributed by atoms with E-state index in [1.54, 1.807) is 19.4 Å². The Morgan fingerprint density at radius 3 is 2.36 bits per heavy atom. The summed E-state index contributed by atoms with van der Waals surface area (Å²) in [6.45, 7) is 10.0. The van der Waals surface area contributed by atoms with Crippen molar-refractivity contribution < 1.29 is 27.9 Å². The number of hydrogen-bond acceptors (Lipinski definition) is 7. The van der Waals surface area contributed by atoms with Crippen LogP contribution in [-0.4, -0.2) is 75.1 Å². The Balaban J connectivity index is 1.32. The topological polar surface area (TPSA) is 136 Å². The lowest BCUT2D eigenvalue weighted by atomic mass is 9.81. The van der Waals surface area contributed by atoms with Crippen LogP contribution in [0.3, 0.4) is 0 Å². The maximum absolute atomic E-state index is 14.8. The maximum atomic E-state index is 14.8. The van der Waals surface area contributed by atoms with Crippen LogP contribution >= 0.6 is 0 Å². The molecule has 2 saturated heterocycles. The van der Waals surface area contributed by atoms with Crippen molar-refractivity contribution in [3.63, 3.8) is 0 Å². The number of nitrogens with zero attached hydrogens (tertiary/aromatic N) is 4. The van der Waals surface area contributed by atoms with Crippen LogP contribution in [0.5, 0.6) is 5.75 Å². The largest absolute Gasteiger partial charge is 0.497 e. The third-order valence-electron chi connectivity index (χ3n) is 12.4. The smallest absolute Gasteiger partial charge is 0.264 e. The first kappa shape index (κ1) is 38.5. The van der Waals surface area contributed by atoms with E-state index >= 15 is 0 Å². The number of aliphatic hydroxyl groups is 1. The number of allylic oxidation sites excluding steroid dienone is 1. The quantitative estimate of drug-likeness (QED) is 0.176. The van der Waals surface area contributed by atoms with Gasteiger partial charge in [0.15, 0.2) is 0 Å². The fourth-order valence-corrected chi connectivity index (χ4v) is 11.5. The highest BCUT2D eigenvalue weighted by Crippen LogP contribution is 2.49. The lowest BCUT2D eigenvalue weighted by Gasteiger charge is -2.42. The SMILES string of the molecule is COc1ccc2c(c1)C=C(c1c(C(=O)N3C4CCC3CC(C)(O)C4)cnn1C(C)C)Cn1c-2c(C2CCCCC2)c2ccc(C(=O)NS(=O)(=O)CC(C)C)cc21. The van der Waals surface area contributed by atoms with Crippen molar-refractivity contribution in [2.24, 2.45) is 5.92 Å². The van der Waals surface area contributed by atoms with Crippen LogP contribution in [0, 0.1) is 5.92 Å². The van der Waals surface area contributed by atoms with Crippen molar-refractivity contribution in [1.82, 2.24) is 24.0 Å². The summed E-state index contributed by atoms with van der Waals surface area (Å²) in [4.78, 5) is 30.5. The molecule has 8 rings (SSSR count). The highest BCUT2D eigenvalue weighted by Gasteiger charge is 2.48. The van der Waals surface area contributed by atoms with Gasteiger partial charge in [-0.05, 0) is 124 Å². The van der Waals surface area contributed by atoms with E-state index in [1.807, 2.05) is 48.6 Å². The number of carbonyl (C=O) groups is 2. The number of amides is 2. The molecule has 2 bridgehead atoms. The molecule has 3 aliphatic heterocycles. The Labute approximate surface area is 330 Å². The number of aromatic nitrogens is 3. The van der Waals surface area contributed by atoms with Gasteiger partial charge in [0, 0.05) is 40.2 Å². The molecule has 56 heavy (non-hydrogen) atoms. The minimum atomic E-state index is -3.83. The fourth-order valence-electron chi connectivity index (χ4n) is 10.2. The monoisotopic (exact) mass is 781 g/mol. The summed E-state index contributed by atoms with van der Waals surface area (Å²) in [6.07, 6.45) is 12.3. The number of fused-ring (bicyclic) bond motifs is 7. The minimum Gasteiger partial charge on any atom is -0.497 e. The van der Waals surface area contributed by atoms with Gasteiger partial charge in [-0.3, -0.25) is 14.3 Å². The lowest BCUT2D eigenvalue weighted by molar-refractivity contribution is -0.0300. The average Bonchev–Trinajstić information content (AvgIpc) is 3.77. The third-order valence-corrected chi connectivity index (χ3v) is 14.0. The van der Waals surface area contributed by atoms with Crippen molar-refractivity contribution in [1.29, 1.82) is 0 Å². The van der Waals surface area contributed by atoms with Gasteiger partial charge >= 0.3 is 0 Å². The zero-order valence-corrected chi connectivity index (χ0v) is 34.3. The Bertz CT molecular complexity index is 2330. The van der Waals surface area contributed by atoms with E-state index in [2.05, 4.69) is 41.3 Å². The molecule has 1 saturated carbocycles. The molecule has 2 N–H and O–H groups in total. The van der Waals surface area contributed by atoms with Gasteiger partial charge in [0.25, 0.3) is 11.8 Å². The molecular formula is C44H55N5O6S. The molecule has 11 nitrogen and oxygen atoms in total. The summed E-state index contributed by atoms with van der Waals surface area (Å²) in [6, 6.07) is 11.6. The van der Waals surface area contributed by atoms with Gasteiger partial charge in [-0.1, -0.05) is 39.2 Å². The molecule has 12 heteroatoms. The molecule has 2 amide bonds. The standard InChI is InChI=1S/C44H55N5O6S/c1-26(2)25-56(53,54)46-42(50)29-12-16-36-38(20-29)47-24-31(18-30-19-34(55-6)15-17-35(30)41(47)39(36)28-10-8-7-9-11-28)40-37(23-45-49(40)27(3)4)43(51)48-32-13-14-33(48)22-44(5,52)21-32/h12,15-20,23,26-28,32-33,52H,7-11,13-14,21-22,24-25H2,1-6H3,(H,46,50). The van der Waals surface area contributed by atoms with Crippen LogP contribution in [0.2, 0.25) is 0 Å².